The molecular weight excluding hydrogens is 417 g/mol. The number of benzene rings is 1. The lowest BCUT2D eigenvalue weighted by Gasteiger charge is -2.23. The van der Waals surface area contributed by atoms with Crippen LogP contribution in [0.4, 0.5) is 24.7 Å². The number of halogens is 3. The Balaban J connectivity index is 1.91. The summed E-state index contributed by atoms with van der Waals surface area (Å²) in [6, 6.07) is 6.03. The first-order chi connectivity index (χ1) is 14.6. The summed E-state index contributed by atoms with van der Waals surface area (Å²) in [7, 11) is 1.60. The summed E-state index contributed by atoms with van der Waals surface area (Å²) in [4.78, 5) is 18.1. The average molecular weight is 438 g/mol. The molecule has 2 aromatic heterocycles. The summed E-state index contributed by atoms with van der Waals surface area (Å²) in [6.07, 6.45) is -2.40. The number of pyridine rings is 1. The molecule has 3 rings (SSSR count). The van der Waals surface area contributed by atoms with E-state index in [1.807, 2.05) is 13.8 Å². The lowest BCUT2D eigenvalue weighted by molar-refractivity contribution is -0.137. The van der Waals surface area contributed by atoms with Gasteiger partial charge in [-0.2, -0.15) is 13.2 Å². The number of alkyl halides is 3. The van der Waals surface area contributed by atoms with E-state index in [0.717, 1.165) is 12.1 Å². The molecule has 0 unspecified atom stereocenters. The molecule has 3 aromatic rings. The lowest BCUT2D eigenvalue weighted by Crippen LogP contribution is -2.25. The van der Waals surface area contributed by atoms with Crippen molar-refractivity contribution in [2.75, 3.05) is 19.0 Å². The van der Waals surface area contributed by atoms with Gasteiger partial charge in [-0.15, -0.1) is 0 Å². The largest absolute Gasteiger partial charge is 0.493 e. The van der Waals surface area contributed by atoms with Crippen LogP contribution in [0.2, 0.25) is 0 Å². The minimum Gasteiger partial charge on any atom is -0.493 e. The van der Waals surface area contributed by atoms with Crippen LogP contribution in [0.15, 0.2) is 45.8 Å². The van der Waals surface area contributed by atoms with Crippen molar-refractivity contribution in [1.82, 2.24) is 15.1 Å². The van der Waals surface area contributed by atoms with Crippen molar-refractivity contribution in [1.29, 1.82) is 0 Å². The van der Waals surface area contributed by atoms with E-state index in [-0.39, 0.29) is 11.6 Å². The highest BCUT2D eigenvalue weighted by Crippen LogP contribution is 2.36. The fourth-order valence-electron chi connectivity index (χ4n) is 2.61. The maximum absolute atomic E-state index is 12.8. The van der Waals surface area contributed by atoms with E-state index in [9.17, 15) is 18.0 Å². The van der Waals surface area contributed by atoms with Crippen LogP contribution < -0.4 is 15.8 Å². The number of H-pyrrole nitrogens is 1. The van der Waals surface area contributed by atoms with E-state index in [1.54, 1.807) is 13.2 Å². The summed E-state index contributed by atoms with van der Waals surface area (Å²) < 4.78 is 54.2. The first-order valence-electron chi connectivity index (χ1n) is 9.27. The van der Waals surface area contributed by atoms with Crippen LogP contribution in [0.25, 0.3) is 11.4 Å². The van der Waals surface area contributed by atoms with Gasteiger partial charge in [0.15, 0.2) is 5.82 Å². The molecule has 8 nitrogen and oxygen atoms in total. The molecule has 2 N–H and O–H groups in total. The van der Waals surface area contributed by atoms with E-state index in [1.165, 1.54) is 18.3 Å². The molecule has 11 heteroatoms. The minimum absolute atomic E-state index is 0.0634. The number of methoxy groups -OCH3 is 1. The minimum atomic E-state index is -4.44. The van der Waals surface area contributed by atoms with Gasteiger partial charge in [-0.1, -0.05) is 5.16 Å². The Morgan fingerprint density at radius 2 is 1.87 bits per heavy atom. The van der Waals surface area contributed by atoms with Crippen LogP contribution in [0.5, 0.6) is 5.75 Å². The Hall–Kier alpha value is -3.34. The average Bonchev–Trinajstić information content (AvgIpc) is 3.13. The van der Waals surface area contributed by atoms with Gasteiger partial charge in [0, 0.05) is 25.4 Å². The Morgan fingerprint density at radius 1 is 1.16 bits per heavy atom. The molecule has 0 amide bonds. The monoisotopic (exact) mass is 438 g/mol. The van der Waals surface area contributed by atoms with E-state index in [4.69, 9.17) is 9.47 Å². The Bertz CT molecular complexity index is 1080. The molecule has 0 aliphatic heterocycles. The third-order valence-electron chi connectivity index (χ3n) is 4.58. The number of anilines is 2. The molecule has 0 aliphatic carbocycles. The summed E-state index contributed by atoms with van der Waals surface area (Å²) in [5.41, 5.74) is -0.532. The second-order valence-electron chi connectivity index (χ2n) is 7.24. The van der Waals surface area contributed by atoms with Crippen LogP contribution in [0, 0.1) is 0 Å². The molecule has 0 spiro atoms. The summed E-state index contributed by atoms with van der Waals surface area (Å²) >= 11 is 0. The van der Waals surface area contributed by atoms with Gasteiger partial charge in [-0.3, -0.25) is 9.51 Å². The smallest absolute Gasteiger partial charge is 0.439 e. The van der Waals surface area contributed by atoms with E-state index >= 15 is 0 Å². The van der Waals surface area contributed by atoms with E-state index in [2.05, 4.69) is 25.0 Å². The van der Waals surface area contributed by atoms with Crippen molar-refractivity contribution < 1.29 is 27.2 Å². The fraction of sp³-hybridized carbons (Fsp3) is 0.350. The zero-order chi connectivity index (χ0) is 22.6. The fourth-order valence-corrected chi connectivity index (χ4v) is 2.61. The molecule has 0 radical (unpaired) electrons. The van der Waals surface area contributed by atoms with E-state index < -0.39 is 23.1 Å². The van der Waals surface area contributed by atoms with Gasteiger partial charge < -0.3 is 14.8 Å². The van der Waals surface area contributed by atoms with Gasteiger partial charge in [0.1, 0.15) is 17.1 Å². The summed E-state index contributed by atoms with van der Waals surface area (Å²) in [6.45, 7) is 4.12. The number of nitrogens with one attached hydrogen (secondary N) is 2. The van der Waals surface area contributed by atoms with Gasteiger partial charge in [0.25, 0.3) is 0 Å². The molecule has 0 saturated heterocycles. The molecule has 1 aromatic carbocycles. The first-order valence-corrected chi connectivity index (χ1v) is 9.27. The van der Waals surface area contributed by atoms with Crippen LogP contribution in [-0.2, 0) is 10.9 Å². The second kappa shape index (κ2) is 8.80. The first kappa shape index (κ1) is 22.3. The number of aromatic amines is 1. The standard InChI is InChI=1S/C20H21F3N4O4/c1-19(2,29-3)9-11-30-14-8-10-24-16(15(14)17-26-18(28)31-27-17)25-13-6-4-12(5-7-13)20(21,22)23/h4-8,10H,9,11H2,1-3H3,(H,24,25)(H,26,27,28). The predicted molar refractivity (Wildman–Crippen MR) is 106 cm³/mol. The normalized spacial score (nSPS) is 12.1. The van der Waals surface area contributed by atoms with Gasteiger partial charge in [-0.25, -0.2) is 9.78 Å². The van der Waals surface area contributed by atoms with Crippen LogP contribution in [-0.4, -0.2) is 34.4 Å². The zero-order valence-electron chi connectivity index (χ0n) is 17.0. The third-order valence-corrected chi connectivity index (χ3v) is 4.58. The quantitative estimate of drug-likeness (QED) is 0.538. The van der Waals surface area contributed by atoms with Gasteiger partial charge in [-0.05, 0) is 44.2 Å². The van der Waals surface area contributed by atoms with Gasteiger partial charge in [0.2, 0.25) is 0 Å². The third kappa shape index (κ3) is 5.63. The lowest BCUT2D eigenvalue weighted by atomic mass is 10.1. The van der Waals surface area contributed by atoms with Crippen molar-refractivity contribution in [3.63, 3.8) is 0 Å². The van der Waals surface area contributed by atoms with Crippen molar-refractivity contribution in [3.8, 4) is 17.1 Å². The molecular formula is C20H21F3N4O4. The van der Waals surface area contributed by atoms with Crippen LogP contribution in [0.3, 0.4) is 0 Å². The maximum Gasteiger partial charge on any atom is 0.439 e. The van der Waals surface area contributed by atoms with Crippen molar-refractivity contribution in [2.45, 2.75) is 32.0 Å². The number of ether oxygens (including phenoxy) is 2. The van der Waals surface area contributed by atoms with Gasteiger partial charge >= 0.3 is 11.9 Å². The number of nitrogens with zero attached hydrogens (tertiary/aromatic N) is 2. The Labute approximate surface area is 175 Å². The van der Waals surface area contributed by atoms with Gasteiger partial charge in [0.05, 0.1) is 17.8 Å². The molecule has 0 atom stereocenters. The molecule has 0 fully saturated rings. The summed E-state index contributed by atoms with van der Waals surface area (Å²) in [5.74, 6) is -0.145. The molecule has 0 saturated carbocycles. The maximum atomic E-state index is 12.8. The Kier molecular flexibility index (Phi) is 6.34. The molecule has 31 heavy (non-hydrogen) atoms. The second-order valence-corrected chi connectivity index (χ2v) is 7.24. The summed E-state index contributed by atoms with van der Waals surface area (Å²) in [5, 5.41) is 6.62. The highest BCUT2D eigenvalue weighted by atomic mass is 19.4. The molecule has 0 bridgehead atoms. The number of aromatic nitrogens is 3. The predicted octanol–water partition coefficient (Wildman–Crippen LogP) is 4.38. The zero-order valence-corrected chi connectivity index (χ0v) is 17.0. The van der Waals surface area contributed by atoms with Crippen LogP contribution in [0.1, 0.15) is 25.8 Å². The highest BCUT2D eigenvalue weighted by Gasteiger charge is 2.30. The molecule has 0 aliphatic rings. The SMILES string of the molecule is COC(C)(C)CCOc1ccnc(Nc2ccc(C(F)(F)F)cc2)c1-c1noc(=O)[nH]1. The van der Waals surface area contributed by atoms with Crippen molar-refractivity contribution in [3.05, 3.63) is 52.6 Å². The highest BCUT2D eigenvalue weighted by molar-refractivity contribution is 5.79. The van der Waals surface area contributed by atoms with E-state index in [0.29, 0.717) is 30.0 Å². The van der Waals surface area contributed by atoms with Crippen LogP contribution >= 0.6 is 0 Å². The molecule has 166 valence electrons. The Morgan fingerprint density at radius 3 is 2.45 bits per heavy atom. The van der Waals surface area contributed by atoms with Crippen molar-refractivity contribution in [2.24, 2.45) is 0 Å². The van der Waals surface area contributed by atoms with Crippen molar-refractivity contribution >= 4 is 11.5 Å². The topological polar surface area (TPSA) is 102 Å². The molecule has 2 heterocycles. The number of rotatable bonds is 8. The number of hydrogen-bond acceptors (Lipinski definition) is 7. The number of hydrogen-bond donors (Lipinski definition) is 2.